The first-order valence-electron chi connectivity index (χ1n) is 6.39. The molecule has 2 nitrogen and oxygen atoms in total. The van der Waals surface area contributed by atoms with E-state index in [1.165, 1.54) is 44.2 Å². The summed E-state index contributed by atoms with van der Waals surface area (Å²) in [6, 6.07) is 3.91. The Labute approximate surface area is 101 Å². The van der Waals surface area contributed by atoms with Gasteiger partial charge in [-0.3, -0.25) is 4.90 Å². The van der Waals surface area contributed by atoms with Crippen LogP contribution in [0.1, 0.15) is 43.7 Å². The Balaban J connectivity index is 1.87. The first kappa shape index (κ1) is 10.8. The second-order valence-corrected chi connectivity index (χ2v) is 5.91. The minimum absolute atomic E-state index is 0.331. The summed E-state index contributed by atoms with van der Waals surface area (Å²) in [6.07, 6.45) is 6.57. The van der Waals surface area contributed by atoms with Gasteiger partial charge in [0.15, 0.2) is 0 Å². The lowest BCUT2D eigenvalue weighted by atomic mass is 9.98. The highest BCUT2D eigenvalue weighted by atomic mass is 32.1. The van der Waals surface area contributed by atoms with Crippen LogP contribution in [0.3, 0.4) is 0 Å². The van der Waals surface area contributed by atoms with Crippen molar-refractivity contribution in [2.45, 2.75) is 50.2 Å². The molecule has 2 atom stereocenters. The second-order valence-electron chi connectivity index (χ2n) is 5.13. The number of nitrogens with two attached hydrogens (primary N) is 1. The average Bonchev–Trinajstić information content (AvgIpc) is 3.02. The molecule has 2 unspecified atom stereocenters. The van der Waals surface area contributed by atoms with Gasteiger partial charge in [-0.2, -0.15) is 11.3 Å². The minimum atomic E-state index is 0.331. The highest BCUT2D eigenvalue weighted by Gasteiger charge is 2.38. The zero-order chi connectivity index (χ0) is 11.0. The first-order valence-corrected chi connectivity index (χ1v) is 7.34. The number of thiophene rings is 1. The Hall–Kier alpha value is -0.380. The maximum Gasteiger partial charge on any atom is 0.0510 e. The summed E-state index contributed by atoms with van der Waals surface area (Å²) in [6.45, 7) is 1.25. The second kappa shape index (κ2) is 4.47. The predicted molar refractivity (Wildman–Crippen MR) is 68.6 cm³/mol. The molecule has 3 rings (SSSR count). The number of nitrogens with zero attached hydrogens (tertiary/aromatic N) is 1. The smallest absolute Gasteiger partial charge is 0.0510 e. The molecule has 16 heavy (non-hydrogen) atoms. The molecule has 0 aromatic carbocycles. The van der Waals surface area contributed by atoms with Gasteiger partial charge in [-0.25, -0.2) is 0 Å². The van der Waals surface area contributed by atoms with Crippen LogP contribution in [0.5, 0.6) is 0 Å². The van der Waals surface area contributed by atoms with Gasteiger partial charge < -0.3 is 5.73 Å². The number of likely N-dealkylation sites (tertiary alicyclic amines) is 1. The fourth-order valence-electron chi connectivity index (χ4n) is 2.92. The van der Waals surface area contributed by atoms with Gasteiger partial charge in [-0.05, 0) is 54.6 Å². The maximum absolute atomic E-state index is 6.39. The zero-order valence-corrected chi connectivity index (χ0v) is 10.5. The normalized spacial score (nSPS) is 32.6. The predicted octanol–water partition coefficient (Wildman–Crippen LogP) is 2.76. The summed E-state index contributed by atoms with van der Waals surface area (Å²) in [7, 11) is 0. The van der Waals surface area contributed by atoms with Crippen LogP contribution < -0.4 is 5.73 Å². The maximum atomic E-state index is 6.39. The Morgan fingerprint density at radius 1 is 1.25 bits per heavy atom. The Morgan fingerprint density at radius 3 is 2.81 bits per heavy atom. The van der Waals surface area contributed by atoms with Gasteiger partial charge in [-0.1, -0.05) is 6.42 Å². The van der Waals surface area contributed by atoms with Crippen molar-refractivity contribution in [2.75, 3.05) is 6.54 Å². The summed E-state index contributed by atoms with van der Waals surface area (Å²) >= 11 is 1.79. The molecule has 0 amide bonds. The van der Waals surface area contributed by atoms with Crippen molar-refractivity contribution in [3.63, 3.8) is 0 Å². The third kappa shape index (κ3) is 2.04. The van der Waals surface area contributed by atoms with Gasteiger partial charge in [-0.15, -0.1) is 0 Å². The standard InChI is InChI=1S/C13H20N2S/c14-12-3-1-2-7-15(11-4-5-11)13(12)10-6-8-16-9-10/h6,8-9,11-13H,1-5,7,14H2. The lowest BCUT2D eigenvalue weighted by Crippen LogP contribution is -2.40. The molecule has 0 spiro atoms. The van der Waals surface area contributed by atoms with Crippen LogP contribution in [0.15, 0.2) is 16.8 Å². The van der Waals surface area contributed by atoms with Crippen LogP contribution in [0.25, 0.3) is 0 Å². The average molecular weight is 236 g/mol. The highest BCUT2D eigenvalue weighted by Crippen LogP contribution is 2.39. The summed E-state index contributed by atoms with van der Waals surface area (Å²) in [5, 5.41) is 4.46. The van der Waals surface area contributed by atoms with Crippen LogP contribution in [0.4, 0.5) is 0 Å². The van der Waals surface area contributed by atoms with E-state index in [-0.39, 0.29) is 0 Å². The fourth-order valence-corrected chi connectivity index (χ4v) is 3.60. The van der Waals surface area contributed by atoms with E-state index in [0.29, 0.717) is 12.1 Å². The Kier molecular flexibility index (Phi) is 3.01. The van der Waals surface area contributed by atoms with Crippen LogP contribution in [0, 0.1) is 0 Å². The van der Waals surface area contributed by atoms with Crippen LogP contribution in [-0.2, 0) is 0 Å². The lowest BCUT2D eigenvalue weighted by Gasteiger charge is -2.33. The first-order chi connectivity index (χ1) is 7.86. The van der Waals surface area contributed by atoms with Crippen LogP contribution in [0.2, 0.25) is 0 Å². The molecule has 1 aliphatic carbocycles. The van der Waals surface area contributed by atoms with E-state index >= 15 is 0 Å². The van der Waals surface area contributed by atoms with Crippen molar-refractivity contribution in [3.05, 3.63) is 22.4 Å². The molecule has 1 saturated carbocycles. The third-order valence-corrected chi connectivity index (χ3v) is 4.57. The molecule has 2 heterocycles. The molecule has 2 N–H and O–H groups in total. The molecule has 1 aromatic heterocycles. The molecule has 0 bridgehead atoms. The highest BCUT2D eigenvalue weighted by molar-refractivity contribution is 7.07. The van der Waals surface area contributed by atoms with Crippen molar-refractivity contribution >= 4 is 11.3 Å². The van der Waals surface area contributed by atoms with E-state index in [1.807, 2.05) is 0 Å². The summed E-state index contributed by atoms with van der Waals surface area (Å²) in [5.74, 6) is 0. The fraction of sp³-hybridized carbons (Fsp3) is 0.692. The van der Waals surface area contributed by atoms with Gasteiger partial charge in [0.1, 0.15) is 0 Å². The van der Waals surface area contributed by atoms with E-state index in [1.54, 1.807) is 11.3 Å². The largest absolute Gasteiger partial charge is 0.326 e. The number of rotatable bonds is 2. The molecule has 2 fully saturated rings. The molecular weight excluding hydrogens is 216 g/mol. The molecular formula is C13H20N2S. The molecule has 88 valence electrons. The minimum Gasteiger partial charge on any atom is -0.326 e. The van der Waals surface area contributed by atoms with Gasteiger partial charge in [0, 0.05) is 12.1 Å². The lowest BCUT2D eigenvalue weighted by molar-refractivity contribution is 0.176. The SMILES string of the molecule is NC1CCCCN(C2CC2)C1c1ccsc1. The van der Waals surface area contributed by atoms with Gasteiger partial charge in [0.25, 0.3) is 0 Å². The van der Waals surface area contributed by atoms with Gasteiger partial charge in [0.05, 0.1) is 6.04 Å². The van der Waals surface area contributed by atoms with E-state index in [9.17, 15) is 0 Å². The zero-order valence-electron chi connectivity index (χ0n) is 9.64. The third-order valence-electron chi connectivity index (χ3n) is 3.87. The van der Waals surface area contributed by atoms with Crippen molar-refractivity contribution in [1.82, 2.24) is 4.90 Å². The van der Waals surface area contributed by atoms with Crippen molar-refractivity contribution in [1.29, 1.82) is 0 Å². The molecule has 2 aliphatic rings. The molecule has 1 saturated heterocycles. The van der Waals surface area contributed by atoms with Crippen molar-refractivity contribution in [2.24, 2.45) is 5.73 Å². The number of hydrogen-bond donors (Lipinski definition) is 1. The van der Waals surface area contributed by atoms with E-state index in [2.05, 4.69) is 21.7 Å². The van der Waals surface area contributed by atoms with E-state index < -0.39 is 0 Å². The Morgan fingerprint density at radius 2 is 2.12 bits per heavy atom. The number of hydrogen-bond acceptors (Lipinski definition) is 3. The summed E-state index contributed by atoms with van der Waals surface area (Å²) in [4.78, 5) is 2.68. The molecule has 3 heteroatoms. The molecule has 0 radical (unpaired) electrons. The quantitative estimate of drug-likeness (QED) is 0.855. The monoisotopic (exact) mass is 236 g/mol. The topological polar surface area (TPSA) is 29.3 Å². The van der Waals surface area contributed by atoms with E-state index in [4.69, 9.17) is 5.73 Å². The Bertz CT molecular complexity index is 332. The van der Waals surface area contributed by atoms with Gasteiger partial charge in [0.2, 0.25) is 0 Å². The summed E-state index contributed by atoms with van der Waals surface area (Å²) in [5.41, 5.74) is 7.84. The van der Waals surface area contributed by atoms with Crippen LogP contribution >= 0.6 is 11.3 Å². The van der Waals surface area contributed by atoms with Crippen molar-refractivity contribution in [3.8, 4) is 0 Å². The molecule has 1 aliphatic heterocycles. The molecule has 1 aromatic rings. The van der Waals surface area contributed by atoms with Gasteiger partial charge >= 0.3 is 0 Å². The van der Waals surface area contributed by atoms with E-state index in [0.717, 1.165) is 6.04 Å². The van der Waals surface area contributed by atoms with Crippen molar-refractivity contribution < 1.29 is 0 Å². The van der Waals surface area contributed by atoms with Crippen LogP contribution in [-0.4, -0.2) is 23.5 Å². The summed E-state index contributed by atoms with van der Waals surface area (Å²) < 4.78 is 0.